The molecule has 0 amide bonds. The van der Waals surface area contributed by atoms with Crippen LogP contribution < -0.4 is 0 Å². The lowest BCUT2D eigenvalue weighted by atomic mass is 9.96. The summed E-state index contributed by atoms with van der Waals surface area (Å²) in [5.41, 5.74) is 4.91. The number of phenolic OH excluding ortho intramolecular Hbond substituents is 8. The van der Waals surface area contributed by atoms with Crippen molar-refractivity contribution in [2.75, 3.05) is 26.2 Å². The number of rotatable bonds is 6. The minimum atomic E-state index is -0.292. The van der Waals surface area contributed by atoms with E-state index >= 15 is 0 Å². The summed E-state index contributed by atoms with van der Waals surface area (Å²) in [5, 5.41) is 85.7. The van der Waals surface area contributed by atoms with E-state index in [1.165, 1.54) is 36.4 Å². The minimum absolute atomic E-state index is 0.0849. The lowest BCUT2D eigenvalue weighted by molar-refractivity contribution is 0.122. The first-order valence-electron chi connectivity index (χ1n) is 15.3. The third-order valence-corrected chi connectivity index (χ3v) is 8.23. The molecular weight excluding hydrogens is 628 g/mol. The highest BCUT2D eigenvalue weighted by Gasteiger charge is 2.18. The Morgan fingerprint density at radius 1 is 0.551 bits per heavy atom. The van der Waals surface area contributed by atoms with Gasteiger partial charge in [0.05, 0.1) is 17.0 Å². The number of hydrogen-bond donors (Lipinski definition) is 8. The molecule has 0 atom stereocenters. The molecule has 0 bridgehead atoms. The normalized spacial score (nSPS) is 13.3. The smallest absolute Gasteiger partial charge is 0.158 e. The Morgan fingerprint density at radius 3 is 1.39 bits per heavy atom. The van der Waals surface area contributed by atoms with Crippen molar-refractivity contribution in [3.63, 3.8) is 0 Å². The Kier molecular flexibility index (Phi) is 10.3. The first-order chi connectivity index (χ1) is 23.4. The molecule has 8 N–H and O–H groups in total. The molecule has 252 valence electrons. The predicted molar refractivity (Wildman–Crippen MR) is 181 cm³/mol. The Hall–Kier alpha value is -6.16. The topological polar surface area (TPSA) is 205 Å². The van der Waals surface area contributed by atoms with E-state index in [-0.39, 0.29) is 46.0 Å². The second kappa shape index (κ2) is 14.7. The van der Waals surface area contributed by atoms with Gasteiger partial charge in [0, 0.05) is 50.4 Å². The van der Waals surface area contributed by atoms with Crippen LogP contribution in [0, 0.1) is 18.3 Å². The number of aryl methyl sites for hydroxylation is 1. The summed E-state index contributed by atoms with van der Waals surface area (Å²) < 4.78 is 0. The van der Waals surface area contributed by atoms with Crippen molar-refractivity contribution in [2.45, 2.75) is 20.0 Å². The molecule has 2 heterocycles. The van der Waals surface area contributed by atoms with E-state index in [1.54, 1.807) is 37.3 Å². The second-order valence-electron chi connectivity index (χ2n) is 11.7. The summed E-state index contributed by atoms with van der Waals surface area (Å²) >= 11 is 0. The van der Waals surface area contributed by atoms with E-state index in [0.717, 1.165) is 50.4 Å². The molecule has 4 aromatic carbocycles. The van der Waals surface area contributed by atoms with E-state index in [9.17, 15) is 46.1 Å². The summed E-state index contributed by atoms with van der Waals surface area (Å²) in [6, 6.07) is 22.2. The largest absolute Gasteiger partial charge is 0.504 e. The van der Waals surface area contributed by atoms with E-state index in [0.29, 0.717) is 33.6 Å². The molecule has 0 aliphatic carbocycles. The van der Waals surface area contributed by atoms with Crippen LogP contribution in [0.5, 0.6) is 46.0 Å². The fraction of sp³-hybridized carbons (Fsp3) is 0.189. The fourth-order valence-electron chi connectivity index (χ4n) is 5.52. The second-order valence-corrected chi connectivity index (χ2v) is 11.7. The van der Waals surface area contributed by atoms with Gasteiger partial charge in [0.25, 0.3) is 0 Å². The van der Waals surface area contributed by atoms with Gasteiger partial charge in [-0.25, -0.2) is 0 Å². The number of hydrogen-bond acceptors (Lipinski definition) is 12. The lowest BCUT2D eigenvalue weighted by Gasteiger charge is -2.34. The highest BCUT2D eigenvalue weighted by atomic mass is 16.3. The Morgan fingerprint density at radius 2 is 0.959 bits per heavy atom. The molecule has 1 saturated heterocycles. The third kappa shape index (κ3) is 8.23. The van der Waals surface area contributed by atoms with Gasteiger partial charge in [0.1, 0.15) is 6.07 Å². The zero-order chi connectivity index (χ0) is 35.2. The van der Waals surface area contributed by atoms with Gasteiger partial charge < -0.3 is 40.9 Å². The third-order valence-electron chi connectivity index (χ3n) is 8.23. The molecule has 0 saturated carbocycles. The molecule has 12 heteroatoms. The first-order valence-corrected chi connectivity index (χ1v) is 15.3. The summed E-state index contributed by atoms with van der Waals surface area (Å²) in [6.45, 7) is 6.80. The number of aromatic hydroxyl groups is 8. The van der Waals surface area contributed by atoms with Crippen LogP contribution in [-0.4, -0.2) is 81.8 Å². The van der Waals surface area contributed by atoms with E-state index in [1.807, 2.05) is 12.1 Å². The number of phenols is 8. The fourth-order valence-corrected chi connectivity index (χ4v) is 5.52. The average molecular weight is 665 g/mol. The van der Waals surface area contributed by atoms with Crippen LogP contribution in [0.2, 0.25) is 0 Å². The van der Waals surface area contributed by atoms with Crippen LogP contribution in [0.25, 0.3) is 22.4 Å². The molecule has 0 unspecified atom stereocenters. The van der Waals surface area contributed by atoms with Gasteiger partial charge in [0.2, 0.25) is 0 Å². The number of nitriles is 1. The molecular formula is C37H36N4O8. The zero-order valence-corrected chi connectivity index (χ0v) is 26.6. The highest BCUT2D eigenvalue weighted by molar-refractivity contribution is 5.78. The van der Waals surface area contributed by atoms with Gasteiger partial charge >= 0.3 is 0 Å². The molecule has 1 aliphatic rings. The maximum atomic E-state index is 9.74. The van der Waals surface area contributed by atoms with Crippen molar-refractivity contribution in [1.82, 2.24) is 14.8 Å². The van der Waals surface area contributed by atoms with Crippen molar-refractivity contribution in [1.29, 1.82) is 5.26 Å². The van der Waals surface area contributed by atoms with Crippen molar-refractivity contribution in [3.05, 3.63) is 101 Å². The molecule has 5 aromatic rings. The van der Waals surface area contributed by atoms with Crippen LogP contribution >= 0.6 is 0 Å². The summed E-state index contributed by atoms with van der Waals surface area (Å²) in [5.74, 6) is -1.42. The maximum Gasteiger partial charge on any atom is 0.158 e. The lowest BCUT2D eigenvalue weighted by Crippen LogP contribution is -2.45. The van der Waals surface area contributed by atoms with Crippen LogP contribution in [0.4, 0.5) is 0 Å². The number of pyridine rings is 1. The van der Waals surface area contributed by atoms with Crippen LogP contribution in [-0.2, 0) is 13.1 Å². The predicted octanol–water partition coefficient (Wildman–Crippen LogP) is 5.24. The number of benzene rings is 4. The molecule has 12 nitrogen and oxygen atoms in total. The monoisotopic (exact) mass is 664 g/mol. The Labute approximate surface area is 282 Å². The van der Waals surface area contributed by atoms with Gasteiger partial charge in [-0.05, 0) is 84.3 Å². The van der Waals surface area contributed by atoms with E-state index < -0.39 is 0 Å². The molecule has 1 aromatic heterocycles. The van der Waals surface area contributed by atoms with Gasteiger partial charge in [-0.2, -0.15) is 5.26 Å². The van der Waals surface area contributed by atoms with Crippen molar-refractivity contribution in [3.8, 4) is 74.4 Å². The minimum Gasteiger partial charge on any atom is -0.504 e. The molecule has 0 radical (unpaired) electrons. The van der Waals surface area contributed by atoms with Crippen molar-refractivity contribution >= 4 is 0 Å². The molecule has 6 rings (SSSR count). The van der Waals surface area contributed by atoms with Crippen LogP contribution in [0.15, 0.2) is 78.9 Å². The van der Waals surface area contributed by atoms with Crippen LogP contribution in [0.1, 0.15) is 22.4 Å². The van der Waals surface area contributed by atoms with Gasteiger partial charge in [-0.1, -0.05) is 18.2 Å². The summed E-state index contributed by atoms with van der Waals surface area (Å²) in [6.07, 6.45) is 0. The van der Waals surface area contributed by atoms with Gasteiger partial charge in [-0.15, -0.1) is 0 Å². The number of piperazine rings is 1. The quantitative estimate of drug-likeness (QED) is 0.110. The number of aromatic nitrogens is 1. The molecule has 49 heavy (non-hydrogen) atoms. The first kappa shape index (κ1) is 34.2. The SMILES string of the molecule is Cc1nc(-c2ccc(O)c(O)c2)cc(-c2ccc(O)c(O)c2)c1C#N.Oc1ccc(CN2CCN(Cc3ccc(O)c(O)c3)CC2)cc1O. The van der Waals surface area contributed by atoms with Crippen LogP contribution in [0.3, 0.4) is 0 Å². The van der Waals surface area contributed by atoms with E-state index in [2.05, 4.69) is 20.9 Å². The van der Waals surface area contributed by atoms with Gasteiger partial charge in [-0.3, -0.25) is 14.8 Å². The average Bonchev–Trinajstić information content (AvgIpc) is 3.08. The van der Waals surface area contributed by atoms with Crippen molar-refractivity contribution < 1.29 is 40.9 Å². The Balaban J connectivity index is 0.000000191. The van der Waals surface area contributed by atoms with Gasteiger partial charge in [0.15, 0.2) is 46.0 Å². The highest BCUT2D eigenvalue weighted by Crippen LogP contribution is 2.36. The zero-order valence-electron chi connectivity index (χ0n) is 26.6. The Bertz CT molecular complexity index is 1960. The van der Waals surface area contributed by atoms with E-state index in [4.69, 9.17) is 0 Å². The molecule has 0 spiro atoms. The standard InChI is InChI=1S/C19H14N2O4.C18H22N2O4/c1-10-14(9-20)13(11-2-4-16(22)18(24)6-11)8-15(21-10)12-3-5-17(23)19(25)7-12;21-15-3-1-13(9-17(15)23)11-19-5-7-20(8-6-19)12-14-2-4-16(22)18(24)10-14/h2-8,22-25H,1H3;1-4,9-10,21-24H,5-8,11-12H2. The molecule has 1 fully saturated rings. The summed E-state index contributed by atoms with van der Waals surface area (Å²) in [7, 11) is 0. The maximum absolute atomic E-state index is 9.74. The molecule has 1 aliphatic heterocycles. The summed E-state index contributed by atoms with van der Waals surface area (Å²) in [4.78, 5) is 8.99. The van der Waals surface area contributed by atoms with Crippen molar-refractivity contribution in [2.24, 2.45) is 0 Å². The number of nitrogens with zero attached hydrogens (tertiary/aromatic N) is 4.